The number of aryl methyl sites for hydroxylation is 1. The summed E-state index contributed by atoms with van der Waals surface area (Å²) in [6.45, 7) is 7.69. The van der Waals surface area contributed by atoms with Crippen LogP contribution >= 0.6 is 0 Å². The lowest BCUT2D eigenvalue weighted by Gasteiger charge is -2.13. The van der Waals surface area contributed by atoms with Crippen LogP contribution in [0.25, 0.3) is 16.6 Å². The molecule has 0 aliphatic carbocycles. The van der Waals surface area contributed by atoms with E-state index in [2.05, 4.69) is 20.3 Å². The van der Waals surface area contributed by atoms with Gasteiger partial charge in [0.05, 0.1) is 30.2 Å². The zero-order valence-electron chi connectivity index (χ0n) is 18.4. The lowest BCUT2D eigenvalue weighted by molar-refractivity contribution is 0.0986. The van der Waals surface area contributed by atoms with Gasteiger partial charge < -0.3 is 9.94 Å². The number of oxime groups is 1. The summed E-state index contributed by atoms with van der Waals surface area (Å²) in [4.78, 5) is 9.41. The van der Waals surface area contributed by atoms with Gasteiger partial charge in [0.25, 0.3) is 0 Å². The van der Waals surface area contributed by atoms with Gasteiger partial charge in [0.2, 0.25) is 0 Å². The number of aliphatic hydroxyl groups is 1. The number of imidazole rings is 1. The van der Waals surface area contributed by atoms with Gasteiger partial charge in [-0.15, -0.1) is 0 Å². The highest BCUT2D eigenvalue weighted by Crippen LogP contribution is 2.29. The summed E-state index contributed by atoms with van der Waals surface area (Å²) < 4.78 is 18.2. The molecule has 1 N–H and O–H groups in total. The minimum Gasteiger partial charge on any atom is -0.393 e. The molecule has 8 nitrogen and oxygen atoms in total. The summed E-state index contributed by atoms with van der Waals surface area (Å²) >= 11 is 0. The van der Waals surface area contributed by atoms with Crippen molar-refractivity contribution < 1.29 is 14.3 Å². The number of nitrogens with zero attached hydrogens (tertiary/aromatic N) is 6. The van der Waals surface area contributed by atoms with Gasteiger partial charge in [-0.2, -0.15) is 10.2 Å². The topological polar surface area (TPSA) is 89.8 Å². The molecule has 9 heteroatoms. The molecule has 0 aliphatic rings. The van der Waals surface area contributed by atoms with Crippen molar-refractivity contribution in [3.05, 3.63) is 59.4 Å². The summed E-state index contributed by atoms with van der Waals surface area (Å²) in [5, 5.41) is 22.4. The van der Waals surface area contributed by atoms with Crippen LogP contribution in [0.4, 0.5) is 4.39 Å². The second-order valence-electron chi connectivity index (χ2n) is 6.83. The minimum atomic E-state index is -0.296. The molecule has 0 saturated carbocycles. The monoisotopic (exact) mass is 426 g/mol. The fourth-order valence-electron chi connectivity index (χ4n) is 3.29. The van der Waals surface area contributed by atoms with E-state index in [9.17, 15) is 4.39 Å². The number of hydrogen-bond acceptors (Lipinski definition) is 6. The average Bonchev–Trinajstić information content (AvgIpc) is 3.37. The van der Waals surface area contributed by atoms with Crippen LogP contribution in [-0.2, 0) is 11.9 Å². The molecule has 0 bridgehead atoms. The average molecular weight is 426 g/mol. The molecule has 4 rings (SSSR count). The summed E-state index contributed by atoms with van der Waals surface area (Å²) in [5.41, 5.74) is 3.87. The maximum Gasteiger partial charge on any atom is 0.153 e. The molecule has 0 radical (unpaired) electrons. The Morgan fingerprint density at radius 3 is 2.77 bits per heavy atom. The summed E-state index contributed by atoms with van der Waals surface area (Å²) in [7, 11) is 1.79. The van der Waals surface area contributed by atoms with Gasteiger partial charge >= 0.3 is 0 Å². The van der Waals surface area contributed by atoms with Gasteiger partial charge in [-0.25, -0.2) is 13.9 Å². The van der Waals surface area contributed by atoms with Gasteiger partial charge in [0, 0.05) is 24.4 Å². The number of rotatable bonds is 6. The SMILES string of the molecule is C/C(=N\OCCO)c1ccc2ncc(C(C)c3cc4cnn(C)c4cc3F)n2n1.CC. The Kier molecular flexibility index (Phi) is 6.96. The third-order valence-corrected chi connectivity index (χ3v) is 4.92. The van der Waals surface area contributed by atoms with Crippen molar-refractivity contribution in [1.82, 2.24) is 24.4 Å². The van der Waals surface area contributed by atoms with Crippen molar-refractivity contribution in [2.75, 3.05) is 13.2 Å². The van der Waals surface area contributed by atoms with Crippen LogP contribution in [0.3, 0.4) is 0 Å². The Hall–Kier alpha value is -3.33. The van der Waals surface area contributed by atoms with E-state index in [0.29, 0.717) is 22.6 Å². The summed E-state index contributed by atoms with van der Waals surface area (Å²) in [6.07, 6.45) is 3.43. The molecule has 0 saturated heterocycles. The normalized spacial score (nSPS) is 12.7. The number of halogens is 1. The molecule has 4 aromatic rings. The maximum absolute atomic E-state index is 14.9. The zero-order valence-corrected chi connectivity index (χ0v) is 18.4. The van der Waals surface area contributed by atoms with Gasteiger partial charge in [-0.05, 0) is 30.7 Å². The number of benzene rings is 1. The molecular weight excluding hydrogens is 399 g/mol. The Balaban J connectivity index is 0.00000132. The highest BCUT2D eigenvalue weighted by atomic mass is 19.1. The van der Waals surface area contributed by atoms with Gasteiger partial charge in [-0.3, -0.25) is 4.68 Å². The van der Waals surface area contributed by atoms with E-state index in [-0.39, 0.29) is 24.9 Å². The second-order valence-corrected chi connectivity index (χ2v) is 6.83. The van der Waals surface area contributed by atoms with Gasteiger partial charge in [-0.1, -0.05) is 25.9 Å². The van der Waals surface area contributed by atoms with E-state index in [4.69, 9.17) is 9.94 Å². The van der Waals surface area contributed by atoms with Crippen LogP contribution in [0.1, 0.15) is 50.6 Å². The Bertz CT molecular complexity index is 1210. The maximum atomic E-state index is 14.9. The molecule has 1 atom stereocenters. The van der Waals surface area contributed by atoms with Crippen LogP contribution in [0, 0.1) is 5.82 Å². The van der Waals surface area contributed by atoms with E-state index < -0.39 is 0 Å². The second kappa shape index (κ2) is 9.65. The first kappa shape index (κ1) is 22.4. The van der Waals surface area contributed by atoms with Crippen molar-refractivity contribution in [1.29, 1.82) is 0 Å². The van der Waals surface area contributed by atoms with Gasteiger partial charge in [0.15, 0.2) is 5.65 Å². The van der Waals surface area contributed by atoms with E-state index >= 15 is 0 Å². The first-order chi connectivity index (χ1) is 15.0. The lowest BCUT2D eigenvalue weighted by atomic mass is 9.96. The summed E-state index contributed by atoms with van der Waals surface area (Å²) in [5.74, 6) is -0.574. The van der Waals surface area contributed by atoms with Crippen LogP contribution < -0.4 is 0 Å². The third kappa shape index (κ3) is 4.41. The Morgan fingerprint density at radius 1 is 1.26 bits per heavy atom. The van der Waals surface area contributed by atoms with Crippen molar-refractivity contribution in [2.45, 2.75) is 33.6 Å². The molecule has 31 heavy (non-hydrogen) atoms. The van der Waals surface area contributed by atoms with Crippen molar-refractivity contribution in [3.8, 4) is 0 Å². The largest absolute Gasteiger partial charge is 0.393 e. The minimum absolute atomic E-state index is 0.112. The summed E-state index contributed by atoms with van der Waals surface area (Å²) in [6, 6.07) is 6.94. The highest BCUT2D eigenvalue weighted by Gasteiger charge is 2.20. The fraction of sp³-hybridized carbons (Fsp3) is 0.364. The number of hydrogen-bond donors (Lipinski definition) is 1. The molecule has 1 aromatic carbocycles. The number of fused-ring (bicyclic) bond motifs is 2. The number of aliphatic hydroxyl groups excluding tert-OH is 1. The van der Waals surface area contributed by atoms with Crippen LogP contribution in [-0.4, -0.2) is 48.4 Å². The molecular formula is C22H27FN6O2. The first-order valence-corrected chi connectivity index (χ1v) is 10.2. The van der Waals surface area contributed by atoms with Crippen molar-refractivity contribution in [2.24, 2.45) is 12.2 Å². The lowest BCUT2D eigenvalue weighted by Crippen LogP contribution is -2.09. The van der Waals surface area contributed by atoms with E-state index in [0.717, 1.165) is 16.6 Å². The predicted molar refractivity (Wildman–Crippen MR) is 118 cm³/mol. The molecule has 164 valence electrons. The Labute approximate surface area is 180 Å². The van der Waals surface area contributed by atoms with Crippen molar-refractivity contribution >= 4 is 22.3 Å². The third-order valence-electron chi connectivity index (χ3n) is 4.92. The van der Waals surface area contributed by atoms with Crippen molar-refractivity contribution in [3.63, 3.8) is 0 Å². The zero-order chi connectivity index (χ0) is 22.5. The predicted octanol–water partition coefficient (Wildman–Crippen LogP) is 3.67. The van der Waals surface area contributed by atoms with E-state index in [1.54, 1.807) is 41.6 Å². The van der Waals surface area contributed by atoms with E-state index in [1.165, 1.54) is 6.07 Å². The van der Waals surface area contributed by atoms with Crippen LogP contribution in [0.15, 0.2) is 41.8 Å². The van der Waals surface area contributed by atoms with Gasteiger partial charge in [0.1, 0.15) is 23.8 Å². The Morgan fingerprint density at radius 2 is 2.03 bits per heavy atom. The molecule has 0 amide bonds. The standard InChI is InChI=1S/C20H21FN6O2.C2H6/c1-12(15-8-14-10-23-26(3)18(14)9-16(15)21)19-11-22-20-5-4-17(24-27(19)20)13(2)25-29-7-6-28;1-2/h4-5,8-12,28H,6-7H2,1-3H3;1-2H3/b25-13+;. The molecule has 0 spiro atoms. The molecule has 0 aliphatic heterocycles. The van der Waals surface area contributed by atoms with Crippen LogP contribution in [0.5, 0.6) is 0 Å². The molecule has 3 aromatic heterocycles. The van der Waals surface area contributed by atoms with Crippen LogP contribution in [0.2, 0.25) is 0 Å². The quantitative estimate of drug-likeness (QED) is 0.289. The smallest absolute Gasteiger partial charge is 0.153 e. The number of aromatic nitrogens is 5. The molecule has 1 unspecified atom stereocenters. The first-order valence-electron chi connectivity index (χ1n) is 10.2. The highest BCUT2D eigenvalue weighted by molar-refractivity contribution is 5.96. The van der Waals surface area contributed by atoms with E-state index in [1.807, 2.05) is 32.9 Å². The fourth-order valence-corrected chi connectivity index (χ4v) is 3.29. The molecule has 0 fully saturated rings. The molecule has 3 heterocycles.